The van der Waals surface area contributed by atoms with Gasteiger partial charge in [0, 0.05) is 30.8 Å². The number of nitrogens with one attached hydrogen (secondary N) is 1. The van der Waals surface area contributed by atoms with Crippen LogP contribution in [0.15, 0.2) is 18.2 Å². The van der Waals surface area contributed by atoms with Crippen molar-refractivity contribution in [3.63, 3.8) is 0 Å². The first-order valence-electron chi connectivity index (χ1n) is 4.83. The van der Waals surface area contributed by atoms with E-state index in [-0.39, 0.29) is 0 Å². The Morgan fingerprint density at radius 1 is 1.43 bits per heavy atom. The second kappa shape index (κ2) is 5.23. The van der Waals surface area contributed by atoms with E-state index < -0.39 is 0 Å². The van der Waals surface area contributed by atoms with Crippen molar-refractivity contribution in [1.82, 2.24) is 5.32 Å². The van der Waals surface area contributed by atoms with Crippen molar-refractivity contribution < 1.29 is 0 Å². The van der Waals surface area contributed by atoms with Crippen LogP contribution in [0.25, 0.3) is 0 Å². The number of nitrogens with zero attached hydrogens (tertiary/aromatic N) is 1. The quantitative estimate of drug-likeness (QED) is 0.825. The Kier molecular flexibility index (Phi) is 4.23. The molecule has 0 saturated heterocycles. The molecule has 0 aliphatic heterocycles. The van der Waals surface area contributed by atoms with Crippen LogP contribution in [0.1, 0.15) is 12.5 Å². The van der Waals surface area contributed by atoms with Crippen LogP contribution >= 0.6 is 11.6 Å². The fourth-order valence-electron chi connectivity index (χ4n) is 1.40. The second-order valence-corrected chi connectivity index (χ2v) is 3.75. The van der Waals surface area contributed by atoms with Crippen LogP contribution in [0.2, 0.25) is 5.02 Å². The monoisotopic (exact) mass is 212 g/mol. The highest BCUT2D eigenvalue weighted by atomic mass is 35.5. The van der Waals surface area contributed by atoms with Gasteiger partial charge in [-0.2, -0.15) is 0 Å². The fraction of sp³-hybridized carbons (Fsp3) is 0.455. The number of anilines is 1. The topological polar surface area (TPSA) is 15.3 Å². The van der Waals surface area contributed by atoms with Gasteiger partial charge in [-0.15, -0.1) is 0 Å². The van der Waals surface area contributed by atoms with Crippen LogP contribution in [0, 0.1) is 0 Å². The first kappa shape index (κ1) is 11.3. The van der Waals surface area contributed by atoms with Crippen LogP contribution in [0.3, 0.4) is 0 Å². The summed E-state index contributed by atoms with van der Waals surface area (Å²) in [5.74, 6) is 0. The lowest BCUT2D eigenvalue weighted by molar-refractivity contribution is 0.809. The van der Waals surface area contributed by atoms with Crippen molar-refractivity contribution in [3.8, 4) is 0 Å². The van der Waals surface area contributed by atoms with Crippen molar-refractivity contribution in [2.24, 2.45) is 0 Å². The molecule has 0 aliphatic carbocycles. The third kappa shape index (κ3) is 2.63. The van der Waals surface area contributed by atoms with Gasteiger partial charge in [-0.05, 0) is 31.7 Å². The summed E-state index contributed by atoms with van der Waals surface area (Å²) in [6, 6.07) is 6.01. The van der Waals surface area contributed by atoms with Crippen LogP contribution < -0.4 is 10.2 Å². The van der Waals surface area contributed by atoms with Gasteiger partial charge in [-0.25, -0.2) is 0 Å². The van der Waals surface area contributed by atoms with Crippen LogP contribution in [0.4, 0.5) is 5.69 Å². The zero-order chi connectivity index (χ0) is 10.6. The number of benzene rings is 1. The fourth-order valence-corrected chi connectivity index (χ4v) is 1.57. The minimum absolute atomic E-state index is 0.792. The van der Waals surface area contributed by atoms with Gasteiger partial charge in [0.2, 0.25) is 0 Å². The summed E-state index contributed by atoms with van der Waals surface area (Å²) in [7, 11) is 4.02. The molecule has 2 nitrogen and oxygen atoms in total. The summed E-state index contributed by atoms with van der Waals surface area (Å²) < 4.78 is 0. The molecule has 78 valence electrons. The molecule has 0 radical (unpaired) electrons. The normalized spacial score (nSPS) is 10.3. The predicted molar refractivity (Wildman–Crippen MR) is 63.2 cm³/mol. The van der Waals surface area contributed by atoms with Gasteiger partial charge in [0.1, 0.15) is 0 Å². The molecule has 0 amide bonds. The Hall–Kier alpha value is -0.730. The lowest BCUT2D eigenvalue weighted by atomic mass is 10.1. The van der Waals surface area contributed by atoms with E-state index >= 15 is 0 Å². The maximum atomic E-state index is 5.97. The second-order valence-electron chi connectivity index (χ2n) is 3.32. The molecule has 0 spiro atoms. The predicted octanol–water partition coefficient (Wildman–Crippen LogP) is 2.52. The van der Waals surface area contributed by atoms with E-state index in [0.717, 1.165) is 18.1 Å². The van der Waals surface area contributed by atoms with Crippen LogP contribution in [-0.2, 0) is 6.54 Å². The molecule has 0 bridgehead atoms. The molecular formula is C11H17ClN2. The summed E-state index contributed by atoms with van der Waals surface area (Å²) in [5, 5.41) is 3.94. The van der Waals surface area contributed by atoms with E-state index in [1.165, 1.54) is 11.3 Å². The van der Waals surface area contributed by atoms with E-state index in [1.54, 1.807) is 0 Å². The third-order valence-electron chi connectivity index (χ3n) is 2.30. The molecule has 1 aromatic rings. The summed E-state index contributed by atoms with van der Waals surface area (Å²) in [6.07, 6.45) is 0. The number of rotatable bonds is 4. The molecule has 0 aromatic heterocycles. The molecule has 0 saturated carbocycles. The summed E-state index contributed by atoms with van der Waals surface area (Å²) >= 11 is 5.97. The van der Waals surface area contributed by atoms with E-state index in [1.807, 2.05) is 19.2 Å². The molecule has 1 rings (SSSR count). The lowest BCUT2D eigenvalue weighted by Crippen LogP contribution is -2.19. The molecule has 0 heterocycles. The van der Waals surface area contributed by atoms with Gasteiger partial charge in [0.05, 0.1) is 0 Å². The van der Waals surface area contributed by atoms with Crippen molar-refractivity contribution in [3.05, 3.63) is 28.8 Å². The van der Waals surface area contributed by atoms with Gasteiger partial charge in [-0.3, -0.25) is 0 Å². The molecule has 3 heteroatoms. The van der Waals surface area contributed by atoms with E-state index in [2.05, 4.69) is 30.3 Å². The maximum absolute atomic E-state index is 5.97. The van der Waals surface area contributed by atoms with Crippen molar-refractivity contribution >= 4 is 17.3 Å². The number of halogens is 1. The zero-order valence-electron chi connectivity index (χ0n) is 8.97. The molecular weight excluding hydrogens is 196 g/mol. The Morgan fingerprint density at radius 2 is 2.14 bits per heavy atom. The first-order chi connectivity index (χ1) is 6.69. The molecule has 1 N–H and O–H groups in total. The lowest BCUT2D eigenvalue weighted by Gasteiger charge is -2.20. The van der Waals surface area contributed by atoms with Gasteiger partial charge in [-0.1, -0.05) is 17.7 Å². The van der Waals surface area contributed by atoms with E-state index in [0.29, 0.717) is 0 Å². The van der Waals surface area contributed by atoms with Gasteiger partial charge in [0.25, 0.3) is 0 Å². The molecule has 14 heavy (non-hydrogen) atoms. The third-order valence-corrected chi connectivity index (χ3v) is 2.54. The summed E-state index contributed by atoms with van der Waals surface area (Å²) in [6.45, 7) is 3.98. The molecule has 0 unspecified atom stereocenters. The zero-order valence-corrected chi connectivity index (χ0v) is 9.73. The van der Waals surface area contributed by atoms with Gasteiger partial charge < -0.3 is 10.2 Å². The SMILES string of the molecule is CCN(C)c1cc(Cl)ccc1CNC. The Morgan fingerprint density at radius 3 is 2.71 bits per heavy atom. The number of hydrogen-bond donors (Lipinski definition) is 1. The number of hydrogen-bond acceptors (Lipinski definition) is 2. The van der Waals surface area contributed by atoms with Gasteiger partial charge >= 0.3 is 0 Å². The maximum Gasteiger partial charge on any atom is 0.0426 e. The highest BCUT2D eigenvalue weighted by Gasteiger charge is 2.05. The standard InChI is InChI=1S/C11H17ClN2/c1-4-14(3)11-7-10(12)6-5-9(11)8-13-2/h5-7,13H,4,8H2,1-3H3. The first-order valence-corrected chi connectivity index (χ1v) is 5.21. The highest BCUT2D eigenvalue weighted by molar-refractivity contribution is 6.30. The Balaban J connectivity index is 3.02. The minimum Gasteiger partial charge on any atom is -0.375 e. The Labute approximate surface area is 90.9 Å². The highest BCUT2D eigenvalue weighted by Crippen LogP contribution is 2.23. The van der Waals surface area contributed by atoms with Crippen molar-refractivity contribution in [2.45, 2.75) is 13.5 Å². The van der Waals surface area contributed by atoms with Crippen molar-refractivity contribution in [2.75, 3.05) is 25.5 Å². The van der Waals surface area contributed by atoms with Gasteiger partial charge in [0.15, 0.2) is 0 Å². The molecule has 0 fully saturated rings. The van der Waals surface area contributed by atoms with Crippen LogP contribution in [-0.4, -0.2) is 20.6 Å². The minimum atomic E-state index is 0.792. The van der Waals surface area contributed by atoms with Crippen LogP contribution in [0.5, 0.6) is 0 Å². The summed E-state index contributed by atoms with van der Waals surface area (Å²) in [5.41, 5.74) is 2.48. The smallest absolute Gasteiger partial charge is 0.0426 e. The summed E-state index contributed by atoms with van der Waals surface area (Å²) in [4.78, 5) is 2.19. The van der Waals surface area contributed by atoms with Crippen molar-refractivity contribution in [1.29, 1.82) is 0 Å². The Bertz CT molecular complexity index is 299. The average Bonchev–Trinajstić information content (AvgIpc) is 2.20. The molecule has 0 aliphatic rings. The van der Waals surface area contributed by atoms with E-state index in [9.17, 15) is 0 Å². The largest absolute Gasteiger partial charge is 0.375 e. The average molecular weight is 213 g/mol. The van der Waals surface area contributed by atoms with E-state index in [4.69, 9.17) is 11.6 Å². The molecule has 1 aromatic carbocycles. The molecule has 0 atom stereocenters.